The summed E-state index contributed by atoms with van der Waals surface area (Å²) in [5.41, 5.74) is 1.08. The first kappa shape index (κ1) is 18.5. The van der Waals surface area contributed by atoms with Crippen LogP contribution in [0.15, 0.2) is 64.2 Å². The molecule has 0 atom stereocenters. The highest BCUT2D eigenvalue weighted by atomic mass is 79.9. The Kier molecular flexibility index (Phi) is 6.30. The van der Waals surface area contributed by atoms with Crippen molar-refractivity contribution in [2.75, 3.05) is 5.75 Å². The maximum atomic E-state index is 10.9. The van der Waals surface area contributed by atoms with Gasteiger partial charge in [-0.05, 0) is 29.8 Å². The first-order valence-corrected chi connectivity index (χ1v) is 9.58. The van der Waals surface area contributed by atoms with E-state index in [1.54, 1.807) is 0 Å². The lowest BCUT2D eigenvalue weighted by molar-refractivity contribution is -0.133. The summed E-state index contributed by atoms with van der Waals surface area (Å²) in [6, 6.07) is 17.4. The SMILES string of the molecule is O=C(O)CSc1nnc(COc2ccc(Br)cc2)n1Cc1ccccc1. The van der Waals surface area contributed by atoms with Crippen molar-refractivity contribution < 1.29 is 14.6 Å². The zero-order valence-electron chi connectivity index (χ0n) is 13.7. The van der Waals surface area contributed by atoms with Gasteiger partial charge in [0.05, 0.1) is 12.3 Å². The van der Waals surface area contributed by atoms with Crippen molar-refractivity contribution in [2.45, 2.75) is 18.3 Å². The number of nitrogens with zero attached hydrogens (tertiary/aromatic N) is 3. The third-order valence-electron chi connectivity index (χ3n) is 3.48. The van der Waals surface area contributed by atoms with E-state index in [1.165, 1.54) is 0 Å². The van der Waals surface area contributed by atoms with E-state index < -0.39 is 5.97 Å². The molecule has 0 aliphatic heterocycles. The van der Waals surface area contributed by atoms with Crippen molar-refractivity contribution >= 4 is 33.7 Å². The Morgan fingerprint density at radius 3 is 2.54 bits per heavy atom. The minimum atomic E-state index is -0.892. The van der Waals surface area contributed by atoms with Crippen LogP contribution in [0.1, 0.15) is 11.4 Å². The minimum absolute atomic E-state index is 0.0690. The zero-order valence-corrected chi connectivity index (χ0v) is 16.1. The highest BCUT2D eigenvalue weighted by Gasteiger charge is 2.15. The Balaban J connectivity index is 1.78. The Bertz CT molecular complexity index is 869. The maximum Gasteiger partial charge on any atom is 0.313 e. The monoisotopic (exact) mass is 433 g/mol. The molecule has 0 spiro atoms. The van der Waals surface area contributed by atoms with E-state index >= 15 is 0 Å². The average Bonchev–Trinajstić information content (AvgIpc) is 3.02. The molecule has 1 heterocycles. The van der Waals surface area contributed by atoms with Gasteiger partial charge in [-0.3, -0.25) is 9.36 Å². The summed E-state index contributed by atoms with van der Waals surface area (Å²) >= 11 is 4.54. The first-order valence-electron chi connectivity index (χ1n) is 7.81. The van der Waals surface area contributed by atoms with E-state index in [4.69, 9.17) is 9.84 Å². The van der Waals surface area contributed by atoms with Crippen LogP contribution in [0.5, 0.6) is 5.75 Å². The van der Waals surface area contributed by atoms with Gasteiger partial charge in [0.1, 0.15) is 12.4 Å². The smallest absolute Gasteiger partial charge is 0.313 e. The normalized spacial score (nSPS) is 10.7. The molecular weight excluding hydrogens is 418 g/mol. The van der Waals surface area contributed by atoms with Crippen molar-refractivity contribution in [1.82, 2.24) is 14.8 Å². The number of benzene rings is 2. The molecule has 0 unspecified atom stereocenters. The number of hydrogen-bond donors (Lipinski definition) is 1. The predicted octanol–water partition coefficient (Wildman–Crippen LogP) is 3.84. The fourth-order valence-corrected chi connectivity index (χ4v) is 3.20. The number of rotatable bonds is 8. The van der Waals surface area contributed by atoms with E-state index in [1.807, 2.05) is 59.2 Å². The standard InChI is InChI=1S/C18H16BrN3O3S/c19-14-6-8-15(9-7-14)25-11-16-20-21-18(26-12-17(23)24)22(16)10-13-4-2-1-3-5-13/h1-9H,10-12H2,(H,23,24). The summed E-state index contributed by atoms with van der Waals surface area (Å²) in [6.07, 6.45) is 0. The second-order valence-corrected chi connectivity index (χ2v) is 7.25. The highest BCUT2D eigenvalue weighted by Crippen LogP contribution is 2.21. The third-order valence-corrected chi connectivity index (χ3v) is 4.96. The number of aliphatic carboxylic acids is 1. The number of thioether (sulfide) groups is 1. The molecule has 2 aromatic carbocycles. The van der Waals surface area contributed by atoms with Crippen LogP contribution in [-0.2, 0) is 17.9 Å². The number of carboxylic acids is 1. The first-order chi connectivity index (χ1) is 12.6. The number of carboxylic acid groups (broad SMARTS) is 1. The number of carbonyl (C=O) groups is 1. The van der Waals surface area contributed by atoms with Crippen LogP contribution in [-0.4, -0.2) is 31.6 Å². The van der Waals surface area contributed by atoms with Crippen molar-refractivity contribution in [3.05, 3.63) is 70.5 Å². The number of ether oxygens (including phenoxy) is 1. The van der Waals surface area contributed by atoms with Crippen LogP contribution < -0.4 is 4.74 Å². The number of hydrogen-bond acceptors (Lipinski definition) is 5. The van der Waals surface area contributed by atoms with Crippen LogP contribution in [0, 0.1) is 0 Å². The molecule has 3 rings (SSSR count). The zero-order chi connectivity index (χ0) is 18.4. The summed E-state index contributed by atoms with van der Waals surface area (Å²) in [5.74, 6) is 0.407. The van der Waals surface area contributed by atoms with Gasteiger partial charge in [-0.15, -0.1) is 10.2 Å². The van der Waals surface area contributed by atoms with Crippen molar-refractivity contribution in [3.63, 3.8) is 0 Å². The molecule has 0 aliphatic carbocycles. The Morgan fingerprint density at radius 1 is 1.12 bits per heavy atom. The van der Waals surface area contributed by atoms with E-state index in [-0.39, 0.29) is 12.4 Å². The average molecular weight is 434 g/mol. The van der Waals surface area contributed by atoms with Crippen LogP contribution in [0.2, 0.25) is 0 Å². The van der Waals surface area contributed by atoms with Gasteiger partial charge in [0.25, 0.3) is 0 Å². The fraction of sp³-hybridized carbons (Fsp3) is 0.167. The maximum absolute atomic E-state index is 10.9. The molecule has 0 amide bonds. The second kappa shape index (κ2) is 8.86. The predicted molar refractivity (Wildman–Crippen MR) is 102 cm³/mol. The molecule has 0 aliphatic rings. The van der Waals surface area contributed by atoms with Gasteiger partial charge in [-0.25, -0.2) is 0 Å². The molecule has 0 saturated carbocycles. The lowest BCUT2D eigenvalue weighted by Gasteiger charge is -2.11. The highest BCUT2D eigenvalue weighted by molar-refractivity contribution is 9.10. The molecule has 0 radical (unpaired) electrons. The third kappa shape index (κ3) is 5.09. The topological polar surface area (TPSA) is 77.2 Å². The van der Waals surface area contributed by atoms with Gasteiger partial charge in [0.2, 0.25) is 0 Å². The van der Waals surface area contributed by atoms with E-state index in [2.05, 4.69) is 26.1 Å². The van der Waals surface area contributed by atoms with Crippen molar-refractivity contribution in [3.8, 4) is 5.75 Å². The fourth-order valence-electron chi connectivity index (χ4n) is 2.26. The number of aromatic nitrogens is 3. The summed E-state index contributed by atoms with van der Waals surface area (Å²) < 4.78 is 8.66. The van der Waals surface area contributed by atoms with Crippen molar-refractivity contribution in [1.29, 1.82) is 0 Å². The van der Waals surface area contributed by atoms with Gasteiger partial charge >= 0.3 is 5.97 Å². The number of halogens is 1. The molecule has 0 fully saturated rings. The molecule has 0 bridgehead atoms. The quantitative estimate of drug-likeness (QED) is 0.543. The Hall–Kier alpha value is -2.32. The lowest BCUT2D eigenvalue weighted by Crippen LogP contribution is -2.10. The molecule has 8 heteroatoms. The molecular formula is C18H16BrN3O3S. The summed E-state index contributed by atoms with van der Waals surface area (Å²) in [6.45, 7) is 0.796. The molecule has 1 N–H and O–H groups in total. The van der Waals surface area contributed by atoms with Crippen molar-refractivity contribution in [2.24, 2.45) is 0 Å². The van der Waals surface area contributed by atoms with Crippen LogP contribution in [0.4, 0.5) is 0 Å². The van der Waals surface area contributed by atoms with E-state index in [0.717, 1.165) is 27.5 Å². The van der Waals surface area contributed by atoms with Crippen LogP contribution in [0.3, 0.4) is 0 Å². The summed E-state index contributed by atoms with van der Waals surface area (Å²) in [4.78, 5) is 10.9. The van der Waals surface area contributed by atoms with Gasteiger partial charge in [-0.1, -0.05) is 58.0 Å². The molecule has 6 nitrogen and oxygen atoms in total. The van der Waals surface area contributed by atoms with Gasteiger partial charge in [0.15, 0.2) is 11.0 Å². The Labute approximate surface area is 163 Å². The molecule has 134 valence electrons. The summed E-state index contributed by atoms with van der Waals surface area (Å²) in [7, 11) is 0. The summed E-state index contributed by atoms with van der Waals surface area (Å²) in [5, 5.41) is 17.8. The molecule has 0 saturated heterocycles. The van der Waals surface area contributed by atoms with Gasteiger partial charge in [0, 0.05) is 4.47 Å². The molecule has 3 aromatic rings. The van der Waals surface area contributed by atoms with Gasteiger partial charge in [-0.2, -0.15) is 0 Å². The van der Waals surface area contributed by atoms with Gasteiger partial charge < -0.3 is 9.84 Å². The largest absolute Gasteiger partial charge is 0.486 e. The minimum Gasteiger partial charge on any atom is -0.486 e. The lowest BCUT2D eigenvalue weighted by atomic mass is 10.2. The Morgan fingerprint density at radius 2 is 1.85 bits per heavy atom. The molecule has 26 heavy (non-hydrogen) atoms. The van der Waals surface area contributed by atoms with E-state index in [9.17, 15) is 4.79 Å². The molecule has 1 aromatic heterocycles. The van der Waals surface area contributed by atoms with E-state index in [0.29, 0.717) is 17.5 Å². The second-order valence-electron chi connectivity index (χ2n) is 5.40. The van der Waals surface area contributed by atoms with Crippen LogP contribution in [0.25, 0.3) is 0 Å². The van der Waals surface area contributed by atoms with Crippen LogP contribution >= 0.6 is 27.7 Å².